The number of nitrogens with zero attached hydrogens (tertiary/aromatic N) is 2. The first-order valence-electron chi connectivity index (χ1n) is 10.2. The molecule has 0 bridgehead atoms. The van der Waals surface area contributed by atoms with Crippen LogP contribution in [0.4, 0.5) is 5.69 Å². The minimum absolute atomic E-state index is 0.138. The van der Waals surface area contributed by atoms with Gasteiger partial charge in [0.05, 0.1) is 13.2 Å². The van der Waals surface area contributed by atoms with Crippen LogP contribution in [0, 0.1) is 0 Å². The lowest BCUT2D eigenvalue weighted by Crippen LogP contribution is -2.46. The van der Waals surface area contributed by atoms with Crippen molar-refractivity contribution in [2.45, 2.75) is 25.9 Å². The third-order valence-corrected chi connectivity index (χ3v) is 5.85. The molecule has 2 fully saturated rings. The average Bonchev–Trinajstić information content (AvgIpc) is 3.28. The molecular formula is C23H30N2O2. The van der Waals surface area contributed by atoms with Gasteiger partial charge in [0.1, 0.15) is 5.75 Å². The number of methoxy groups -OCH3 is 1. The lowest BCUT2D eigenvalue weighted by atomic mass is 9.96. The van der Waals surface area contributed by atoms with Crippen LogP contribution in [0.5, 0.6) is 5.75 Å². The summed E-state index contributed by atoms with van der Waals surface area (Å²) in [6.07, 6.45) is 2.32. The Labute approximate surface area is 162 Å². The van der Waals surface area contributed by atoms with E-state index >= 15 is 0 Å². The van der Waals surface area contributed by atoms with Gasteiger partial charge in [-0.15, -0.1) is 0 Å². The van der Waals surface area contributed by atoms with E-state index in [-0.39, 0.29) is 6.10 Å². The van der Waals surface area contributed by atoms with Crippen molar-refractivity contribution in [3.05, 3.63) is 48.0 Å². The number of rotatable bonds is 5. The fourth-order valence-corrected chi connectivity index (χ4v) is 4.26. The molecule has 2 aromatic carbocycles. The van der Waals surface area contributed by atoms with Gasteiger partial charge in [0, 0.05) is 49.6 Å². The molecule has 2 heterocycles. The Bertz CT molecular complexity index is 748. The van der Waals surface area contributed by atoms with E-state index in [1.54, 1.807) is 7.11 Å². The maximum Gasteiger partial charge on any atom is 0.132 e. The summed E-state index contributed by atoms with van der Waals surface area (Å²) in [5.41, 5.74) is 4.85. The Morgan fingerprint density at radius 2 is 1.85 bits per heavy atom. The summed E-state index contributed by atoms with van der Waals surface area (Å²) < 4.78 is 12.0. The van der Waals surface area contributed by atoms with E-state index in [0.29, 0.717) is 0 Å². The SMILES string of the molecule is CCN1CCN(c2cc(-c3ccccc3)c(OC)c(C3CCCO3)c2)CC1. The number of piperazine rings is 1. The molecule has 4 nitrogen and oxygen atoms in total. The smallest absolute Gasteiger partial charge is 0.132 e. The van der Waals surface area contributed by atoms with Gasteiger partial charge >= 0.3 is 0 Å². The molecule has 4 heteroatoms. The number of ether oxygens (including phenoxy) is 2. The van der Waals surface area contributed by atoms with Crippen LogP contribution in [0.3, 0.4) is 0 Å². The molecule has 0 N–H and O–H groups in total. The predicted molar refractivity (Wildman–Crippen MR) is 111 cm³/mol. The van der Waals surface area contributed by atoms with Crippen molar-refractivity contribution in [1.29, 1.82) is 0 Å². The maximum absolute atomic E-state index is 6.04. The Morgan fingerprint density at radius 3 is 2.48 bits per heavy atom. The molecule has 0 aromatic heterocycles. The van der Waals surface area contributed by atoms with E-state index < -0.39 is 0 Å². The summed E-state index contributed by atoms with van der Waals surface area (Å²) in [4.78, 5) is 5.02. The highest BCUT2D eigenvalue weighted by Crippen LogP contribution is 2.43. The van der Waals surface area contributed by atoms with E-state index in [1.807, 2.05) is 0 Å². The van der Waals surface area contributed by atoms with E-state index in [9.17, 15) is 0 Å². The van der Waals surface area contributed by atoms with Gasteiger partial charge in [-0.2, -0.15) is 0 Å². The predicted octanol–water partition coefficient (Wildman–Crippen LogP) is 4.36. The molecule has 1 unspecified atom stereocenters. The number of hydrogen-bond acceptors (Lipinski definition) is 4. The molecule has 2 saturated heterocycles. The molecule has 0 spiro atoms. The second kappa shape index (κ2) is 8.32. The molecule has 4 rings (SSSR count). The van der Waals surface area contributed by atoms with Crippen molar-refractivity contribution >= 4 is 5.69 Å². The fourth-order valence-electron chi connectivity index (χ4n) is 4.26. The summed E-state index contributed by atoms with van der Waals surface area (Å²) in [7, 11) is 1.78. The van der Waals surface area contributed by atoms with Crippen LogP contribution in [-0.4, -0.2) is 51.3 Å². The van der Waals surface area contributed by atoms with Gasteiger partial charge in [0.25, 0.3) is 0 Å². The highest BCUT2D eigenvalue weighted by molar-refractivity contribution is 5.77. The highest BCUT2D eigenvalue weighted by atomic mass is 16.5. The first-order valence-corrected chi connectivity index (χ1v) is 10.2. The third-order valence-electron chi connectivity index (χ3n) is 5.85. The van der Waals surface area contributed by atoms with Crippen molar-refractivity contribution in [2.75, 3.05) is 51.3 Å². The van der Waals surface area contributed by atoms with Gasteiger partial charge in [-0.1, -0.05) is 37.3 Å². The van der Waals surface area contributed by atoms with Crippen molar-refractivity contribution in [3.63, 3.8) is 0 Å². The van der Waals surface area contributed by atoms with E-state index in [0.717, 1.165) is 57.9 Å². The van der Waals surface area contributed by atoms with Crippen molar-refractivity contribution < 1.29 is 9.47 Å². The minimum atomic E-state index is 0.138. The van der Waals surface area contributed by atoms with Crippen LogP contribution in [0.25, 0.3) is 11.1 Å². The zero-order valence-electron chi connectivity index (χ0n) is 16.5. The van der Waals surface area contributed by atoms with Crippen LogP contribution >= 0.6 is 0 Å². The molecule has 1 atom stereocenters. The van der Waals surface area contributed by atoms with E-state index in [4.69, 9.17) is 9.47 Å². The molecule has 0 radical (unpaired) electrons. The molecule has 27 heavy (non-hydrogen) atoms. The molecule has 2 aliphatic heterocycles. The quantitative estimate of drug-likeness (QED) is 0.785. The standard InChI is InChI=1S/C23H30N2O2/c1-3-24-11-13-25(14-12-24)19-16-20(18-8-5-4-6-9-18)23(26-2)21(17-19)22-10-7-15-27-22/h4-6,8-9,16-17,22H,3,7,10-15H2,1-2H3. The second-order valence-electron chi connectivity index (χ2n) is 7.40. The van der Waals surface area contributed by atoms with Crippen LogP contribution in [0.15, 0.2) is 42.5 Å². The maximum atomic E-state index is 6.04. The Morgan fingerprint density at radius 1 is 1.07 bits per heavy atom. The van der Waals surface area contributed by atoms with Crippen molar-refractivity contribution in [2.24, 2.45) is 0 Å². The number of likely N-dealkylation sites (N-methyl/N-ethyl adjacent to an activating group) is 1. The largest absolute Gasteiger partial charge is 0.496 e. The first-order chi connectivity index (χ1) is 13.3. The van der Waals surface area contributed by atoms with Gasteiger partial charge < -0.3 is 19.3 Å². The Kier molecular flexibility index (Phi) is 5.65. The monoisotopic (exact) mass is 366 g/mol. The average molecular weight is 367 g/mol. The molecule has 0 saturated carbocycles. The van der Waals surface area contributed by atoms with Crippen LogP contribution in [-0.2, 0) is 4.74 Å². The lowest BCUT2D eigenvalue weighted by molar-refractivity contribution is 0.109. The summed E-state index contributed by atoms with van der Waals surface area (Å²) in [5, 5.41) is 0. The van der Waals surface area contributed by atoms with Gasteiger partial charge in [-0.25, -0.2) is 0 Å². The van der Waals surface area contributed by atoms with Crippen LogP contribution in [0.2, 0.25) is 0 Å². The molecular weight excluding hydrogens is 336 g/mol. The summed E-state index contributed by atoms with van der Waals surface area (Å²) >= 11 is 0. The van der Waals surface area contributed by atoms with Gasteiger partial charge in [-0.3, -0.25) is 0 Å². The minimum Gasteiger partial charge on any atom is -0.496 e. The number of anilines is 1. The summed E-state index contributed by atoms with van der Waals surface area (Å²) in [6.45, 7) is 8.60. The van der Waals surface area contributed by atoms with Crippen LogP contribution in [0.1, 0.15) is 31.4 Å². The topological polar surface area (TPSA) is 24.9 Å². The zero-order chi connectivity index (χ0) is 18.6. The Hall–Kier alpha value is -2.04. The molecule has 2 aliphatic rings. The summed E-state index contributed by atoms with van der Waals surface area (Å²) in [5.74, 6) is 0.962. The Balaban J connectivity index is 1.76. The molecule has 2 aromatic rings. The number of hydrogen-bond donors (Lipinski definition) is 0. The third kappa shape index (κ3) is 3.83. The lowest BCUT2D eigenvalue weighted by Gasteiger charge is -2.36. The first kappa shape index (κ1) is 18.3. The molecule has 144 valence electrons. The van der Waals surface area contributed by atoms with E-state index in [1.165, 1.54) is 22.4 Å². The normalized spacial score (nSPS) is 20.8. The van der Waals surface area contributed by atoms with Crippen molar-refractivity contribution in [1.82, 2.24) is 4.90 Å². The van der Waals surface area contributed by atoms with Gasteiger partial charge in [0.15, 0.2) is 0 Å². The molecule has 0 amide bonds. The second-order valence-corrected chi connectivity index (χ2v) is 7.40. The fraction of sp³-hybridized carbons (Fsp3) is 0.478. The highest BCUT2D eigenvalue weighted by Gasteiger charge is 2.26. The van der Waals surface area contributed by atoms with Crippen molar-refractivity contribution in [3.8, 4) is 16.9 Å². The van der Waals surface area contributed by atoms with Gasteiger partial charge in [0.2, 0.25) is 0 Å². The molecule has 0 aliphatic carbocycles. The van der Waals surface area contributed by atoms with Crippen LogP contribution < -0.4 is 9.64 Å². The van der Waals surface area contributed by atoms with E-state index in [2.05, 4.69) is 59.2 Å². The summed E-state index contributed by atoms with van der Waals surface area (Å²) in [6, 6.07) is 15.2. The zero-order valence-corrected chi connectivity index (χ0v) is 16.5. The van der Waals surface area contributed by atoms with Gasteiger partial charge in [-0.05, 0) is 37.1 Å². The number of benzene rings is 2.